The molecule has 1 amide bonds. The van der Waals surface area contributed by atoms with E-state index in [1.807, 2.05) is 0 Å². The molecule has 17 heavy (non-hydrogen) atoms. The van der Waals surface area contributed by atoms with E-state index in [1.165, 1.54) is 0 Å². The second-order valence-electron chi connectivity index (χ2n) is 4.68. The third-order valence-corrected chi connectivity index (χ3v) is 2.82. The summed E-state index contributed by atoms with van der Waals surface area (Å²) < 4.78 is 43.1. The minimum atomic E-state index is -4.43. The van der Waals surface area contributed by atoms with Gasteiger partial charge < -0.3 is 10.1 Å². The van der Waals surface area contributed by atoms with Crippen molar-refractivity contribution in [3.63, 3.8) is 0 Å². The van der Waals surface area contributed by atoms with Gasteiger partial charge in [-0.05, 0) is 26.7 Å². The first-order valence-electron chi connectivity index (χ1n) is 5.35. The van der Waals surface area contributed by atoms with Crippen LogP contribution < -0.4 is 5.32 Å². The highest BCUT2D eigenvalue weighted by Gasteiger charge is 2.52. The highest BCUT2D eigenvalue weighted by atomic mass is 19.4. The molecule has 0 aromatic heterocycles. The van der Waals surface area contributed by atoms with Crippen LogP contribution in [0.4, 0.5) is 18.0 Å². The number of hydrogen-bond acceptors (Lipinski definition) is 2. The fourth-order valence-corrected chi connectivity index (χ4v) is 1.21. The predicted molar refractivity (Wildman–Crippen MR) is 56.5 cm³/mol. The lowest BCUT2D eigenvalue weighted by atomic mass is 9.83. The zero-order valence-electron chi connectivity index (χ0n) is 9.80. The molecule has 3 nitrogen and oxygen atoms in total. The number of alkyl halides is 3. The van der Waals surface area contributed by atoms with Crippen molar-refractivity contribution in [1.82, 2.24) is 5.32 Å². The Bertz CT molecular complexity index is 308. The minimum absolute atomic E-state index is 0.144. The molecular formula is C11H16F3NO2. The molecule has 0 aromatic carbocycles. The Balaban J connectivity index is 2.63. The molecule has 0 aromatic rings. The number of alkyl carbamates (subject to hydrolysis) is 1. The largest absolute Gasteiger partial charge is 0.446 e. The van der Waals surface area contributed by atoms with Crippen LogP contribution >= 0.6 is 0 Å². The topological polar surface area (TPSA) is 38.3 Å². The molecule has 1 fully saturated rings. The van der Waals surface area contributed by atoms with Crippen LogP contribution in [0.3, 0.4) is 0 Å². The average molecular weight is 251 g/mol. The van der Waals surface area contributed by atoms with E-state index in [9.17, 15) is 18.0 Å². The number of hydrogen-bond donors (Lipinski definition) is 1. The minimum Gasteiger partial charge on any atom is -0.446 e. The molecule has 0 bridgehead atoms. The van der Waals surface area contributed by atoms with Gasteiger partial charge in [0.25, 0.3) is 0 Å². The molecule has 0 unspecified atom stereocenters. The summed E-state index contributed by atoms with van der Waals surface area (Å²) in [7, 11) is 0. The molecule has 1 atom stereocenters. The Morgan fingerprint density at radius 2 is 2.00 bits per heavy atom. The van der Waals surface area contributed by atoms with Crippen LogP contribution in [-0.4, -0.2) is 24.4 Å². The molecule has 98 valence electrons. The second-order valence-corrected chi connectivity index (χ2v) is 4.68. The third-order valence-electron chi connectivity index (χ3n) is 2.82. The lowest BCUT2D eigenvalue weighted by Crippen LogP contribution is -2.51. The van der Waals surface area contributed by atoms with Crippen molar-refractivity contribution >= 4 is 6.09 Å². The molecule has 1 aliphatic rings. The van der Waals surface area contributed by atoms with Gasteiger partial charge in [0.05, 0.1) is 11.5 Å². The predicted octanol–water partition coefficient (Wildman–Crippen LogP) is 3.02. The van der Waals surface area contributed by atoms with Gasteiger partial charge in [-0.25, -0.2) is 4.79 Å². The van der Waals surface area contributed by atoms with E-state index in [-0.39, 0.29) is 6.10 Å². The number of halogens is 3. The molecular weight excluding hydrogens is 235 g/mol. The van der Waals surface area contributed by atoms with E-state index < -0.39 is 23.7 Å². The van der Waals surface area contributed by atoms with Gasteiger partial charge in [-0.2, -0.15) is 13.2 Å². The van der Waals surface area contributed by atoms with E-state index in [0.29, 0.717) is 0 Å². The van der Waals surface area contributed by atoms with Gasteiger partial charge in [0.2, 0.25) is 0 Å². The van der Waals surface area contributed by atoms with Crippen molar-refractivity contribution in [2.45, 2.75) is 45.0 Å². The molecule has 1 saturated carbocycles. The molecule has 1 rings (SSSR count). The molecule has 1 N–H and O–H groups in total. The molecule has 0 radical (unpaired) electrons. The quantitative estimate of drug-likeness (QED) is 0.780. The highest BCUT2D eigenvalue weighted by molar-refractivity contribution is 5.68. The van der Waals surface area contributed by atoms with Crippen molar-refractivity contribution in [3.8, 4) is 0 Å². The maximum Gasteiger partial charge on any atom is 0.407 e. The van der Waals surface area contributed by atoms with Crippen molar-refractivity contribution in [2.75, 3.05) is 0 Å². The smallest absolute Gasteiger partial charge is 0.407 e. The Morgan fingerprint density at radius 1 is 1.47 bits per heavy atom. The lowest BCUT2D eigenvalue weighted by molar-refractivity contribution is -0.216. The molecule has 0 saturated heterocycles. The van der Waals surface area contributed by atoms with E-state index in [2.05, 4.69) is 11.9 Å². The van der Waals surface area contributed by atoms with Crippen LogP contribution in [-0.2, 0) is 4.74 Å². The number of ether oxygens (including phenoxy) is 1. The van der Waals surface area contributed by atoms with Gasteiger partial charge in [0, 0.05) is 0 Å². The summed E-state index contributed by atoms with van der Waals surface area (Å²) in [4.78, 5) is 11.3. The average Bonchev–Trinajstić information content (AvgIpc) is 2.95. The summed E-state index contributed by atoms with van der Waals surface area (Å²) in [5, 5.41) is 2.19. The molecule has 1 aliphatic carbocycles. The van der Waals surface area contributed by atoms with Crippen LogP contribution in [0.1, 0.15) is 26.7 Å². The van der Waals surface area contributed by atoms with Gasteiger partial charge in [0.15, 0.2) is 0 Å². The van der Waals surface area contributed by atoms with Crippen molar-refractivity contribution in [3.05, 3.63) is 12.7 Å². The summed E-state index contributed by atoms with van der Waals surface area (Å²) >= 11 is 0. The van der Waals surface area contributed by atoms with Crippen molar-refractivity contribution < 1.29 is 22.7 Å². The second kappa shape index (κ2) is 4.58. The first-order valence-corrected chi connectivity index (χ1v) is 5.35. The zero-order chi connectivity index (χ0) is 13.3. The number of carbonyl (C=O) groups excluding carboxylic acids is 1. The van der Waals surface area contributed by atoms with Crippen LogP contribution in [0.2, 0.25) is 0 Å². The van der Waals surface area contributed by atoms with Gasteiger partial charge >= 0.3 is 12.3 Å². The van der Waals surface area contributed by atoms with E-state index in [1.54, 1.807) is 0 Å². The maximum atomic E-state index is 12.8. The highest BCUT2D eigenvalue weighted by Crippen LogP contribution is 2.40. The molecule has 6 heteroatoms. The van der Waals surface area contributed by atoms with Gasteiger partial charge in [0.1, 0.15) is 6.10 Å². The first kappa shape index (κ1) is 13.9. The van der Waals surface area contributed by atoms with Gasteiger partial charge in [-0.3, -0.25) is 0 Å². The van der Waals surface area contributed by atoms with Crippen LogP contribution in [0.15, 0.2) is 12.7 Å². The maximum absolute atomic E-state index is 12.8. The number of carbonyl (C=O) groups is 1. The van der Waals surface area contributed by atoms with Crippen LogP contribution in [0.25, 0.3) is 0 Å². The summed E-state index contributed by atoms with van der Waals surface area (Å²) in [5.74, 6) is 0. The normalized spacial score (nSPS) is 18.4. The van der Waals surface area contributed by atoms with Crippen LogP contribution in [0.5, 0.6) is 0 Å². The molecule has 0 spiro atoms. The van der Waals surface area contributed by atoms with E-state index >= 15 is 0 Å². The van der Waals surface area contributed by atoms with Crippen molar-refractivity contribution in [1.29, 1.82) is 0 Å². The summed E-state index contributed by atoms with van der Waals surface area (Å²) in [6.07, 6.45) is -2.78. The SMILES string of the molecule is C=C[C@@H](NC(=O)OC1CC1)C(C)(C)C(F)(F)F. The van der Waals surface area contributed by atoms with Crippen LogP contribution in [0, 0.1) is 5.41 Å². The number of amides is 1. The summed E-state index contributed by atoms with van der Waals surface area (Å²) in [6.45, 7) is 5.34. The van der Waals surface area contributed by atoms with Gasteiger partial charge in [-0.1, -0.05) is 6.08 Å². The fraction of sp³-hybridized carbons (Fsp3) is 0.727. The molecule has 0 heterocycles. The Hall–Kier alpha value is -1.20. The lowest BCUT2D eigenvalue weighted by Gasteiger charge is -2.34. The molecule has 0 aliphatic heterocycles. The van der Waals surface area contributed by atoms with E-state index in [0.717, 1.165) is 32.8 Å². The van der Waals surface area contributed by atoms with Gasteiger partial charge in [-0.15, -0.1) is 6.58 Å². The number of nitrogens with one attached hydrogen (secondary N) is 1. The van der Waals surface area contributed by atoms with E-state index in [4.69, 9.17) is 4.74 Å². The van der Waals surface area contributed by atoms with Crippen molar-refractivity contribution in [2.24, 2.45) is 5.41 Å². The monoisotopic (exact) mass is 251 g/mol. The standard InChI is InChI=1S/C11H16F3NO2/c1-4-8(10(2,3)11(12,13)14)15-9(16)17-7-5-6-7/h4,7-8H,1,5-6H2,2-3H3,(H,15,16)/t8-/m1/s1. The summed E-state index contributed by atoms with van der Waals surface area (Å²) in [5.41, 5.74) is -2.09. The Morgan fingerprint density at radius 3 is 2.35 bits per heavy atom. The Kier molecular flexibility index (Phi) is 3.74. The zero-order valence-corrected chi connectivity index (χ0v) is 9.80. The third kappa shape index (κ3) is 3.38. The first-order chi connectivity index (χ1) is 7.68. The number of rotatable bonds is 4. The summed E-state index contributed by atoms with van der Waals surface area (Å²) in [6, 6.07) is -1.21. The Labute approximate surface area is 98.0 Å². The fourth-order valence-electron chi connectivity index (χ4n) is 1.21.